The second-order valence-electron chi connectivity index (χ2n) is 8.45. The van der Waals surface area contributed by atoms with Crippen molar-refractivity contribution in [3.05, 3.63) is 95.6 Å². The first kappa shape index (κ1) is 25.6. The lowest BCUT2D eigenvalue weighted by atomic mass is 9.98. The fourth-order valence-electron chi connectivity index (χ4n) is 4.44. The van der Waals surface area contributed by atoms with Crippen LogP contribution in [0.15, 0.2) is 78.9 Å². The van der Waals surface area contributed by atoms with Crippen molar-refractivity contribution in [2.45, 2.75) is 31.6 Å². The van der Waals surface area contributed by atoms with Gasteiger partial charge in [0.2, 0.25) is 0 Å². The number of aliphatic carboxylic acids is 1. The lowest BCUT2D eigenvalue weighted by molar-refractivity contribution is -0.147. The van der Waals surface area contributed by atoms with Gasteiger partial charge in [0.05, 0.1) is 12.7 Å². The van der Waals surface area contributed by atoms with Crippen LogP contribution < -0.4 is 0 Å². The number of carboxylic acids is 1. The molecule has 0 spiro atoms. The van der Waals surface area contributed by atoms with Gasteiger partial charge in [-0.2, -0.15) is 4.67 Å². The summed E-state index contributed by atoms with van der Waals surface area (Å²) in [5.74, 6) is -2.00. The van der Waals surface area contributed by atoms with Crippen LogP contribution in [-0.4, -0.2) is 50.4 Å². The molecular formula is C26H26NO8P. The molecule has 0 heterocycles. The normalized spacial score (nSPS) is 14.4. The highest BCUT2D eigenvalue weighted by molar-refractivity contribution is 7.50. The Morgan fingerprint density at radius 1 is 0.917 bits per heavy atom. The van der Waals surface area contributed by atoms with Crippen molar-refractivity contribution in [2.24, 2.45) is 0 Å². The fraction of sp³-hybridized carbons (Fsp3) is 0.231. The number of benzene rings is 3. The molecule has 0 bridgehead atoms. The molecule has 9 nitrogen and oxygen atoms in total. The predicted molar refractivity (Wildman–Crippen MR) is 131 cm³/mol. The Morgan fingerprint density at radius 3 is 1.97 bits per heavy atom. The van der Waals surface area contributed by atoms with E-state index in [4.69, 9.17) is 9.47 Å². The van der Waals surface area contributed by atoms with Gasteiger partial charge in [0.15, 0.2) is 6.04 Å². The summed E-state index contributed by atoms with van der Waals surface area (Å²) in [6.45, 7) is 1.10. The van der Waals surface area contributed by atoms with Crippen LogP contribution in [0, 0.1) is 0 Å². The summed E-state index contributed by atoms with van der Waals surface area (Å²) in [5.41, 5.74) is 4.50. The molecule has 2 unspecified atom stereocenters. The number of fused-ring (bicyclic) bond motifs is 3. The highest BCUT2D eigenvalue weighted by atomic mass is 31.2. The van der Waals surface area contributed by atoms with Gasteiger partial charge in [-0.05, 0) is 34.7 Å². The van der Waals surface area contributed by atoms with Gasteiger partial charge in [-0.25, -0.2) is 14.2 Å². The zero-order valence-corrected chi connectivity index (χ0v) is 20.3. The summed E-state index contributed by atoms with van der Waals surface area (Å²) in [6, 6.07) is 22.1. The summed E-state index contributed by atoms with van der Waals surface area (Å²) < 4.78 is 23.2. The van der Waals surface area contributed by atoms with Crippen molar-refractivity contribution < 1.29 is 38.5 Å². The SMILES string of the molecule is CC(OCc1ccccc1)C(C(=O)O)N(C(=O)OCC1c2ccccc2-c2ccccc21)P(=O)(O)O. The van der Waals surface area contributed by atoms with E-state index in [1.165, 1.54) is 6.92 Å². The number of hydrogen-bond donors (Lipinski definition) is 3. The molecule has 188 valence electrons. The Morgan fingerprint density at radius 2 is 1.44 bits per heavy atom. The van der Waals surface area contributed by atoms with E-state index in [0.29, 0.717) is 0 Å². The van der Waals surface area contributed by atoms with Gasteiger partial charge >= 0.3 is 19.8 Å². The molecule has 1 amide bonds. The second kappa shape index (κ2) is 10.6. The largest absolute Gasteiger partial charge is 0.480 e. The van der Waals surface area contributed by atoms with Crippen LogP contribution in [0.3, 0.4) is 0 Å². The molecule has 2 atom stereocenters. The molecule has 4 rings (SSSR count). The molecule has 1 aliphatic carbocycles. The third kappa shape index (κ3) is 5.34. The Labute approximate surface area is 208 Å². The van der Waals surface area contributed by atoms with Crippen molar-refractivity contribution >= 4 is 19.8 Å². The van der Waals surface area contributed by atoms with Crippen LogP contribution in [0.2, 0.25) is 0 Å². The molecule has 36 heavy (non-hydrogen) atoms. The number of carboxylic acid groups (broad SMARTS) is 1. The molecule has 3 aromatic rings. The molecule has 0 fully saturated rings. The first-order valence-corrected chi connectivity index (χ1v) is 12.8. The molecule has 3 N–H and O–H groups in total. The minimum Gasteiger partial charge on any atom is -0.480 e. The van der Waals surface area contributed by atoms with E-state index in [0.717, 1.165) is 27.8 Å². The molecule has 1 aliphatic rings. The summed E-state index contributed by atoms with van der Waals surface area (Å²) in [4.78, 5) is 44.9. The van der Waals surface area contributed by atoms with Crippen LogP contribution in [0.4, 0.5) is 4.79 Å². The topological polar surface area (TPSA) is 134 Å². The fourth-order valence-corrected chi connectivity index (χ4v) is 5.32. The molecule has 0 aromatic heterocycles. The Kier molecular flexibility index (Phi) is 7.56. The zero-order chi connectivity index (χ0) is 25.9. The van der Waals surface area contributed by atoms with Crippen molar-refractivity contribution in [1.29, 1.82) is 0 Å². The third-order valence-electron chi connectivity index (χ3n) is 6.12. The Hall–Kier alpha value is -3.49. The lowest BCUT2D eigenvalue weighted by Crippen LogP contribution is -2.50. The highest BCUT2D eigenvalue weighted by Crippen LogP contribution is 2.46. The van der Waals surface area contributed by atoms with E-state index in [9.17, 15) is 29.0 Å². The average Bonchev–Trinajstić information content (AvgIpc) is 3.17. The Bertz CT molecular complexity index is 1250. The van der Waals surface area contributed by atoms with Gasteiger partial charge in [-0.15, -0.1) is 0 Å². The molecule has 3 aromatic carbocycles. The maximum Gasteiger partial charge on any atom is 0.435 e. The monoisotopic (exact) mass is 511 g/mol. The molecule has 0 aliphatic heterocycles. The highest BCUT2D eigenvalue weighted by Gasteiger charge is 2.46. The molecular weight excluding hydrogens is 485 g/mol. The van der Waals surface area contributed by atoms with E-state index >= 15 is 0 Å². The van der Waals surface area contributed by atoms with Crippen LogP contribution in [-0.2, 0) is 25.4 Å². The van der Waals surface area contributed by atoms with Gasteiger partial charge in [-0.3, -0.25) is 0 Å². The van der Waals surface area contributed by atoms with Gasteiger partial charge in [-0.1, -0.05) is 78.9 Å². The average molecular weight is 511 g/mol. The van der Waals surface area contributed by atoms with Crippen molar-refractivity contribution in [2.75, 3.05) is 6.61 Å². The van der Waals surface area contributed by atoms with Crippen LogP contribution >= 0.6 is 7.75 Å². The first-order chi connectivity index (χ1) is 17.2. The van der Waals surface area contributed by atoms with E-state index < -0.39 is 32.0 Å². The molecule has 10 heteroatoms. The van der Waals surface area contributed by atoms with Gasteiger partial charge < -0.3 is 24.4 Å². The van der Waals surface area contributed by atoms with E-state index in [2.05, 4.69) is 0 Å². The number of nitrogens with zero attached hydrogens (tertiary/aromatic N) is 1. The summed E-state index contributed by atoms with van der Waals surface area (Å²) >= 11 is 0. The van der Waals surface area contributed by atoms with Gasteiger partial charge in [0, 0.05) is 5.92 Å². The van der Waals surface area contributed by atoms with Crippen LogP contribution in [0.1, 0.15) is 29.5 Å². The van der Waals surface area contributed by atoms with E-state index in [-0.39, 0.29) is 23.8 Å². The van der Waals surface area contributed by atoms with E-state index in [1.807, 2.05) is 48.5 Å². The smallest absolute Gasteiger partial charge is 0.435 e. The van der Waals surface area contributed by atoms with E-state index in [1.54, 1.807) is 30.3 Å². The number of amides is 1. The third-order valence-corrected chi connectivity index (χ3v) is 7.09. The van der Waals surface area contributed by atoms with Crippen LogP contribution in [0.25, 0.3) is 11.1 Å². The number of carbonyl (C=O) groups is 2. The van der Waals surface area contributed by atoms with Gasteiger partial charge in [0.1, 0.15) is 6.61 Å². The predicted octanol–water partition coefficient (Wildman–Crippen LogP) is 4.39. The van der Waals surface area contributed by atoms with Gasteiger partial charge in [0.25, 0.3) is 0 Å². The minimum absolute atomic E-state index is 0.00846. The number of hydrogen-bond acceptors (Lipinski definition) is 5. The molecule has 0 radical (unpaired) electrons. The summed E-state index contributed by atoms with van der Waals surface area (Å²) in [5, 5.41) is 9.79. The van der Waals surface area contributed by atoms with Crippen LogP contribution in [0.5, 0.6) is 0 Å². The standard InChI is InChI=1S/C26H26NO8P/c1-17(34-15-18-9-3-2-4-10-18)24(25(28)29)27(36(31,32)33)26(30)35-16-23-21-13-7-5-11-19(21)20-12-6-8-14-22(20)23/h2-14,17,23-24H,15-16H2,1H3,(H,28,29)(H2,31,32,33). The zero-order valence-electron chi connectivity index (χ0n) is 19.4. The van der Waals surface area contributed by atoms with Crippen molar-refractivity contribution in [1.82, 2.24) is 4.67 Å². The van der Waals surface area contributed by atoms with Crippen molar-refractivity contribution in [3.63, 3.8) is 0 Å². The number of ether oxygens (including phenoxy) is 2. The minimum atomic E-state index is -5.39. The van der Waals surface area contributed by atoms with Crippen molar-refractivity contribution in [3.8, 4) is 11.1 Å². The lowest BCUT2D eigenvalue weighted by Gasteiger charge is -2.32. The second-order valence-corrected chi connectivity index (χ2v) is 9.90. The summed E-state index contributed by atoms with van der Waals surface area (Å²) in [6.07, 6.45) is -2.69. The number of rotatable bonds is 9. The maximum atomic E-state index is 13.0. The number of carbonyl (C=O) groups excluding carboxylic acids is 1. The maximum absolute atomic E-state index is 13.0. The summed E-state index contributed by atoms with van der Waals surface area (Å²) in [7, 11) is -5.39. The first-order valence-electron chi connectivity index (χ1n) is 11.3. The quantitative estimate of drug-likeness (QED) is 0.360. The molecule has 0 saturated heterocycles. The molecule has 0 saturated carbocycles. The Balaban J connectivity index is 1.53.